The van der Waals surface area contributed by atoms with Gasteiger partial charge < -0.3 is 9.64 Å². The maximum atomic E-state index is 12.3. The molecule has 1 N–H and O–H groups in total. The lowest BCUT2D eigenvalue weighted by molar-refractivity contribution is 0.113. The molecule has 21 heavy (non-hydrogen) atoms. The standard InChI is InChI=1S/C14H19N5O2/c1-2-21-10-11-6-8-18(9-11)14(20)15-13-17-16-12-5-3-4-7-19(12)13/h3-5,7,11H,2,6,8-10H2,1H3,(H,15,17,20). The van der Waals surface area contributed by atoms with Crippen molar-refractivity contribution in [2.45, 2.75) is 13.3 Å². The smallest absolute Gasteiger partial charge is 0.324 e. The lowest BCUT2D eigenvalue weighted by Gasteiger charge is -2.16. The number of hydrogen-bond donors (Lipinski definition) is 1. The predicted octanol–water partition coefficient (Wildman–Crippen LogP) is 1.62. The van der Waals surface area contributed by atoms with Gasteiger partial charge >= 0.3 is 6.03 Å². The normalized spacial score (nSPS) is 18.3. The van der Waals surface area contributed by atoms with Crippen molar-refractivity contribution in [2.24, 2.45) is 5.92 Å². The zero-order valence-corrected chi connectivity index (χ0v) is 12.0. The van der Waals surface area contributed by atoms with Crippen LogP contribution < -0.4 is 5.32 Å². The third-order valence-electron chi connectivity index (χ3n) is 3.66. The van der Waals surface area contributed by atoms with Gasteiger partial charge in [0.1, 0.15) is 0 Å². The summed E-state index contributed by atoms with van der Waals surface area (Å²) in [6.45, 7) is 4.89. The van der Waals surface area contributed by atoms with Crippen LogP contribution in [0.5, 0.6) is 0 Å². The monoisotopic (exact) mass is 289 g/mol. The van der Waals surface area contributed by atoms with Crippen LogP contribution in [0, 0.1) is 5.92 Å². The molecule has 0 radical (unpaired) electrons. The summed E-state index contributed by atoms with van der Waals surface area (Å²) in [5.41, 5.74) is 0.712. The Labute approximate surface area is 122 Å². The molecule has 1 aliphatic heterocycles. The molecule has 2 amide bonds. The van der Waals surface area contributed by atoms with Crippen LogP contribution in [0.25, 0.3) is 5.65 Å². The molecule has 3 rings (SSSR count). The number of anilines is 1. The molecule has 0 aliphatic carbocycles. The molecule has 1 unspecified atom stereocenters. The van der Waals surface area contributed by atoms with E-state index in [1.54, 1.807) is 9.30 Å². The highest BCUT2D eigenvalue weighted by atomic mass is 16.5. The maximum Gasteiger partial charge on any atom is 0.324 e. The molecule has 1 fully saturated rings. The molecule has 112 valence electrons. The topological polar surface area (TPSA) is 71.8 Å². The Morgan fingerprint density at radius 3 is 3.24 bits per heavy atom. The van der Waals surface area contributed by atoms with Crippen LogP contribution in [-0.2, 0) is 4.74 Å². The predicted molar refractivity (Wildman–Crippen MR) is 78.2 cm³/mol. The molecule has 1 atom stereocenters. The van der Waals surface area contributed by atoms with Gasteiger partial charge in [-0.25, -0.2) is 4.79 Å². The minimum atomic E-state index is -0.132. The Morgan fingerprint density at radius 2 is 2.38 bits per heavy atom. The summed E-state index contributed by atoms with van der Waals surface area (Å²) in [7, 11) is 0. The molecule has 0 spiro atoms. The first kappa shape index (κ1) is 13.8. The fourth-order valence-electron chi connectivity index (χ4n) is 2.54. The second-order valence-corrected chi connectivity index (χ2v) is 5.14. The molecule has 0 saturated carbocycles. The van der Waals surface area contributed by atoms with Gasteiger partial charge in [-0.3, -0.25) is 9.72 Å². The van der Waals surface area contributed by atoms with Crippen LogP contribution in [0.1, 0.15) is 13.3 Å². The van der Waals surface area contributed by atoms with Crippen molar-refractivity contribution in [3.63, 3.8) is 0 Å². The van der Waals surface area contributed by atoms with Gasteiger partial charge in [0.2, 0.25) is 5.95 Å². The Balaban J connectivity index is 1.62. The van der Waals surface area contributed by atoms with Crippen LogP contribution in [0.4, 0.5) is 10.7 Å². The summed E-state index contributed by atoms with van der Waals surface area (Å²) in [5.74, 6) is 0.870. The second-order valence-electron chi connectivity index (χ2n) is 5.14. The summed E-state index contributed by atoms with van der Waals surface area (Å²) in [5, 5.41) is 10.8. The molecule has 0 aromatic carbocycles. The zero-order valence-electron chi connectivity index (χ0n) is 12.0. The van der Waals surface area contributed by atoms with Gasteiger partial charge in [-0.1, -0.05) is 6.07 Å². The van der Waals surface area contributed by atoms with Crippen LogP contribution >= 0.6 is 0 Å². The summed E-state index contributed by atoms with van der Waals surface area (Å²) in [6, 6.07) is 5.47. The highest BCUT2D eigenvalue weighted by Gasteiger charge is 2.27. The van der Waals surface area contributed by atoms with Gasteiger partial charge in [0.15, 0.2) is 5.65 Å². The number of fused-ring (bicyclic) bond motifs is 1. The SMILES string of the molecule is CCOCC1CCN(C(=O)Nc2nnc3ccccn23)C1. The molecule has 3 heterocycles. The van der Waals surface area contributed by atoms with Gasteiger partial charge in [0.05, 0.1) is 6.61 Å². The van der Waals surface area contributed by atoms with E-state index in [0.29, 0.717) is 30.7 Å². The van der Waals surface area contributed by atoms with E-state index in [1.807, 2.05) is 31.3 Å². The van der Waals surface area contributed by atoms with Crippen LogP contribution in [-0.4, -0.2) is 51.8 Å². The van der Waals surface area contributed by atoms with Gasteiger partial charge in [0.25, 0.3) is 0 Å². The number of rotatable bonds is 4. The number of urea groups is 1. The molecule has 1 saturated heterocycles. The molecule has 7 nitrogen and oxygen atoms in total. The fourth-order valence-corrected chi connectivity index (χ4v) is 2.54. The van der Waals surface area contributed by atoms with Gasteiger partial charge in [-0.2, -0.15) is 0 Å². The molecule has 2 aromatic rings. The first-order valence-corrected chi connectivity index (χ1v) is 7.21. The lowest BCUT2D eigenvalue weighted by atomic mass is 10.1. The summed E-state index contributed by atoms with van der Waals surface area (Å²) in [6.07, 6.45) is 2.81. The van der Waals surface area contributed by atoms with Crippen molar-refractivity contribution in [1.29, 1.82) is 0 Å². The summed E-state index contributed by atoms with van der Waals surface area (Å²) in [4.78, 5) is 14.1. The number of carbonyl (C=O) groups excluding carboxylic acids is 1. The number of ether oxygens (including phenoxy) is 1. The molecular weight excluding hydrogens is 270 g/mol. The van der Waals surface area contributed by atoms with E-state index in [0.717, 1.165) is 19.5 Å². The molecule has 0 bridgehead atoms. The number of pyridine rings is 1. The van der Waals surface area contributed by atoms with Crippen LogP contribution in [0.2, 0.25) is 0 Å². The summed E-state index contributed by atoms with van der Waals surface area (Å²) >= 11 is 0. The van der Waals surface area contributed by atoms with E-state index in [9.17, 15) is 4.79 Å². The highest BCUT2D eigenvalue weighted by molar-refractivity contribution is 5.88. The van der Waals surface area contributed by atoms with Crippen molar-refractivity contribution in [3.05, 3.63) is 24.4 Å². The largest absolute Gasteiger partial charge is 0.381 e. The van der Waals surface area contributed by atoms with Crippen LogP contribution in [0.3, 0.4) is 0 Å². The first-order chi connectivity index (χ1) is 10.3. The zero-order chi connectivity index (χ0) is 14.7. The van der Waals surface area contributed by atoms with Crippen molar-refractivity contribution >= 4 is 17.6 Å². The van der Waals surface area contributed by atoms with Crippen molar-refractivity contribution < 1.29 is 9.53 Å². The third-order valence-corrected chi connectivity index (χ3v) is 3.66. The fraction of sp³-hybridized carbons (Fsp3) is 0.500. The quantitative estimate of drug-likeness (QED) is 0.928. The Morgan fingerprint density at radius 1 is 1.48 bits per heavy atom. The van der Waals surface area contributed by atoms with Crippen molar-refractivity contribution in [2.75, 3.05) is 31.6 Å². The summed E-state index contributed by atoms with van der Waals surface area (Å²) < 4.78 is 7.18. The van der Waals surface area contributed by atoms with Crippen LogP contribution in [0.15, 0.2) is 24.4 Å². The van der Waals surface area contributed by atoms with E-state index in [-0.39, 0.29) is 6.03 Å². The Kier molecular flexibility index (Phi) is 4.01. The average molecular weight is 289 g/mol. The molecule has 1 aliphatic rings. The van der Waals surface area contributed by atoms with Crippen molar-refractivity contribution in [3.8, 4) is 0 Å². The van der Waals surface area contributed by atoms with E-state index in [1.165, 1.54) is 0 Å². The van der Waals surface area contributed by atoms with Crippen molar-refractivity contribution in [1.82, 2.24) is 19.5 Å². The number of carbonyl (C=O) groups is 1. The average Bonchev–Trinajstić information content (AvgIpc) is 3.13. The first-order valence-electron chi connectivity index (χ1n) is 7.21. The molecule has 2 aromatic heterocycles. The Hall–Kier alpha value is -2.15. The lowest BCUT2D eigenvalue weighted by Crippen LogP contribution is -2.34. The number of hydrogen-bond acceptors (Lipinski definition) is 4. The molecular formula is C14H19N5O2. The van der Waals surface area contributed by atoms with Gasteiger partial charge in [-0.15, -0.1) is 10.2 Å². The number of aromatic nitrogens is 3. The minimum Gasteiger partial charge on any atom is -0.381 e. The third kappa shape index (κ3) is 2.97. The number of nitrogens with one attached hydrogen (secondary N) is 1. The van der Waals surface area contributed by atoms with E-state index in [2.05, 4.69) is 15.5 Å². The second kappa shape index (κ2) is 6.09. The molecule has 7 heteroatoms. The number of amides is 2. The Bertz CT molecular complexity index is 627. The van der Waals surface area contributed by atoms with E-state index < -0.39 is 0 Å². The van der Waals surface area contributed by atoms with Gasteiger partial charge in [0, 0.05) is 31.8 Å². The van der Waals surface area contributed by atoms with Gasteiger partial charge in [-0.05, 0) is 25.5 Å². The van der Waals surface area contributed by atoms with E-state index >= 15 is 0 Å². The minimum absolute atomic E-state index is 0.132. The number of nitrogens with zero attached hydrogens (tertiary/aromatic N) is 4. The van der Waals surface area contributed by atoms with E-state index in [4.69, 9.17) is 4.74 Å². The maximum absolute atomic E-state index is 12.3. The number of likely N-dealkylation sites (tertiary alicyclic amines) is 1. The highest BCUT2D eigenvalue weighted by Crippen LogP contribution is 2.18.